The molecule has 0 saturated carbocycles. The molecule has 0 unspecified atom stereocenters. The molecule has 6 nitrogen and oxygen atoms in total. The van der Waals surface area contributed by atoms with Gasteiger partial charge >= 0.3 is 6.18 Å². The van der Waals surface area contributed by atoms with Gasteiger partial charge in [0.05, 0.1) is 23.7 Å². The zero-order valence-corrected chi connectivity index (χ0v) is 17.1. The van der Waals surface area contributed by atoms with Crippen molar-refractivity contribution < 1.29 is 26.4 Å². The molecule has 162 valence electrons. The summed E-state index contributed by atoms with van der Waals surface area (Å²) >= 11 is 0. The number of sulfonamides is 1. The first-order valence-electron chi connectivity index (χ1n) is 9.01. The summed E-state index contributed by atoms with van der Waals surface area (Å²) in [6.45, 7) is -0.592. The van der Waals surface area contributed by atoms with Crippen molar-refractivity contribution in [1.82, 2.24) is 5.43 Å². The highest BCUT2D eigenvalue weighted by atomic mass is 32.2. The Kier molecular flexibility index (Phi) is 6.30. The molecular weight excluding hydrogens is 431 g/mol. The third-order valence-corrected chi connectivity index (χ3v) is 5.51. The van der Waals surface area contributed by atoms with Crippen molar-refractivity contribution in [2.24, 2.45) is 5.10 Å². The van der Waals surface area contributed by atoms with Crippen molar-refractivity contribution in [2.45, 2.75) is 6.18 Å². The first-order chi connectivity index (χ1) is 14.6. The van der Waals surface area contributed by atoms with Gasteiger partial charge in [0.2, 0.25) is 10.0 Å². The monoisotopic (exact) mass is 449 g/mol. The van der Waals surface area contributed by atoms with E-state index in [0.717, 1.165) is 28.2 Å². The van der Waals surface area contributed by atoms with Crippen molar-refractivity contribution in [2.75, 3.05) is 17.1 Å². The summed E-state index contributed by atoms with van der Waals surface area (Å²) in [7, 11) is -3.84. The number of anilines is 1. The number of amides is 1. The van der Waals surface area contributed by atoms with Crippen molar-refractivity contribution in [3.63, 3.8) is 0 Å². The minimum Gasteiger partial charge on any atom is -0.271 e. The minimum absolute atomic E-state index is 0.232. The second kappa shape index (κ2) is 8.76. The van der Waals surface area contributed by atoms with Gasteiger partial charge in [-0.3, -0.25) is 9.10 Å². The van der Waals surface area contributed by atoms with Crippen LogP contribution in [0.4, 0.5) is 18.9 Å². The molecule has 0 spiro atoms. The standard InChI is InChI=1S/C21H18F3N3O3S/c1-31(29,30)27(19-12-6-9-15-7-2-4-10-17(15)19)14-20(28)26-25-13-16-8-3-5-11-18(16)21(22,23)24/h2-13H,14H2,1H3,(H,26,28). The fraction of sp³-hybridized carbons (Fsp3) is 0.143. The van der Waals surface area contributed by atoms with Gasteiger partial charge in [-0.1, -0.05) is 54.6 Å². The van der Waals surface area contributed by atoms with Crippen LogP contribution in [0.2, 0.25) is 0 Å². The SMILES string of the molecule is CS(=O)(=O)N(CC(=O)NN=Cc1ccccc1C(F)(F)F)c1cccc2ccccc12. The number of fused-ring (bicyclic) bond motifs is 1. The van der Waals surface area contributed by atoms with Crippen LogP contribution < -0.4 is 9.73 Å². The summed E-state index contributed by atoms with van der Waals surface area (Å²) in [6, 6.07) is 16.9. The molecule has 0 heterocycles. The maximum Gasteiger partial charge on any atom is 0.417 e. The fourth-order valence-electron chi connectivity index (χ4n) is 3.01. The average Bonchev–Trinajstić information content (AvgIpc) is 2.70. The Bertz CT molecular complexity index is 1240. The van der Waals surface area contributed by atoms with E-state index in [-0.39, 0.29) is 5.56 Å². The predicted molar refractivity (Wildman–Crippen MR) is 113 cm³/mol. The van der Waals surface area contributed by atoms with Crippen LogP contribution in [0.25, 0.3) is 10.8 Å². The van der Waals surface area contributed by atoms with Gasteiger partial charge in [0.1, 0.15) is 6.54 Å². The lowest BCUT2D eigenvalue weighted by molar-refractivity contribution is -0.137. The van der Waals surface area contributed by atoms with Gasteiger partial charge in [0.15, 0.2) is 0 Å². The molecular formula is C21H18F3N3O3S. The number of hydrogen-bond acceptors (Lipinski definition) is 4. The van der Waals surface area contributed by atoms with E-state index in [0.29, 0.717) is 11.1 Å². The van der Waals surface area contributed by atoms with Crippen LogP contribution in [0.3, 0.4) is 0 Å². The number of rotatable bonds is 6. The van der Waals surface area contributed by atoms with Crippen LogP contribution >= 0.6 is 0 Å². The molecule has 0 aliphatic rings. The molecule has 0 radical (unpaired) electrons. The summed E-state index contributed by atoms with van der Waals surface area (Å²) in [4.78, 5) is 12.3. The Morgan fingerprint density at radius 3 is 2.39 bits per heavy atom. The lowest BCUT2D eigenvalue weighted by Gasteiger charge is -2.23. The largest absolute Gasteiger partial charge is 0.417 e. The van der Waals surface area contributed by atoms with E-state index in [1.807, 2.05) is 12.1 Å². The molecule has 0 aliphatic carbocycles. The maximum absolute atomic E-state index is 13.0. The van der Waals surface area contributed by atoms with Gasteiger partial charge in [0, 0.05) is 10.9 Å². The van der Waals surface area contributed by atoms with E-state index < -0.39 is 34.2 Å². The third kappa shape index (κ3) is 5.40. The first-order valence-corrected chi connectivity index (χ1v) is 10.9. The molecule has 3 aromatic carbocycles. The first kappa shape index (κ1) is 22.3. The predicted octanol–water partition coefficient (Wildman–Crippen LogP) is 3.77. The minimum atomic E-state index is -4.58. The molecule has 0 saturated heterocycles. The highest BCUT2D eigenvalue weighted by molar-refractivity contribution is 7.92. The number of alkyl halides is 3. The molecule has 1 amide bonds. The van der Waals surface area contributed by atoms with Crippen LogP contribution in [0.5, 0.6) is 0 Å². The number of hydrogen-bond donors (Lipinski definition) is 1. The van der Waals surface area contributed by atoms with Gasteiger partial charge in [-0.2, -0.15) is 18.3 Å². The van der Waals surface area contributed by atoms with Crippen molar-refractivity contribution in [3.8, 4) is 0 Å². The second-order valence-electron chi connectivity index (χ2n) is 6.65. The lowest BCUT2D eigenvalue weighted by Crippen LogP contribution is -2.39. The van der Waals surface area contributed by atoms with Gasteiger partial charge in [-0.05, 0) is 17.5 Å². The van der Waals surface area contributed by atoms with E-state index in [9.17, 15) is 26.4 Å². The Balaban J connectivity index is 1.82. The van der Waals surface area contributed by atoms with Gasteiger partial charge < -0.3 is 0 Å². The summed E-state index contributed by atoms with van der Waals surface area (Å²) < 4.78 is 64.7. The molecule has 0 bridgehead atoms. The number of benzene rings is 3. The summed E-state index contributed by atoms with van der Waals surface area (Å²) in [5, 5.41) is 4.98. The number of nitrogens with zero attached hydrogens (tertiary/aromatic N) is 2. The molecule has 31 heavy (non-hydrogen) atoms. The van der Waals surface area contributed by atoms with Gasteiger partial charge in [-0.15, -0.1) is 0 Å². The molecule has 0 aromatic heterocycles. The molecule has 0 atom stereocenters. The van der Waals surface area contributed by atoms with Gasteiger partial charge in [-0.25, -0.2) is 13.8 Å². The van der Waals surface area contributed by atoms with Crippen LogP contribution in [0.15, 0.2) is 71.8 Å². The summed E-state index contributed by atoms with van der Waals surface area (Å²) in [5.41, 5.74) is 1.26. The van der Waals surface area contributed by atoms with Crippen LogP contribution in [-0.2, 0) is 21.0 Å². The molecule has 10 heteroatoms. The highest BCUT2D eigenvalue weighted by Crippen LogP contribution is 2.31. The third-order valence-electron chi connectivity index (χ3n) is 4.38. The molecule has 3 rings (SSSR count). The summed E-state index contributed by atoms with van der Waals surface area (Å²) in [5.74, 6) is -0.806. The van der Waals surface area contributed by atoms with Crippen LogP contribution in [0, 0.1) is 0 Å². The number of carbonyl (C=O) groups excluding carboxylic acids is 1. The zero-order valence-electron chi connectivity index (χ0n) is 16.3. The maximum atomic E-state index is 13.0. The fourth-order valence-corrected chi connectivity index (χ4v) is 3.88. The smallest absolute Gasteiger partial charge is 0.271 e. The zero-order chi connectivity index (χ0) is 22.6. The molecule has 1 N–H and O–H groups in total. The number of hydrazone groups is 1. The van der Waals surface area contributed by atoms with Crippen molar-refractivity contribution >= 4 is 38.6 Å². The highest BCUT2D eigenvalue weighted by Gasteiger charge is 2.32. The second-order valence-corrected chi connectivity index (χ2v) is 8.55. The number of halogens is 3. The lowest BCUT2D eigenvalue weighted by atomic mass is 10.1. The van der Waals surface area contributed by atoms with E-state index in [1.54, 1.807) is 30.3 Å². The molecule has 0 aliphatic heterocycles. The summed E-state index contributed by atoms with van der Waals surface area (Å²) in [6.07, 6.45) is -2.75. The van der Waals surface area contributed by atoms with Crippen molar-refractivity contribution in [3.05, 3.63) is 77.9 Å². The number of nitrogens with one attached hydrogen (secondary N) is 1. The van der Waals surface area contributed by atoms with Crippen molar-refractivity contribution in [1.29, 1.82) is 0 Å². The van der Waals surface area contributed by atoms with Crippen LogP contribution in [0.1, 0.15) is 11.1 Å². The quantitative estimate of drug-likeness (QED) is 0.460. The number of carbonyl (C=O) groups is 1. The normalized spacial score (nSPS) is 12.3. The Morgan fingerprint density at radius 2 is 1.68 bits per heavy atom. The van der Waals surface area contributed by atoms with E-state index in [1.165, 1.54) is 18.2 Å². The van der Waals surface area contributed by atoms with Gasteiger partial charge in [0.25, 0.3) is 5.91 Å². The Morgan fingerprint density at radius 1 is 1.03 bits per heavy atom. The Labute approximate surface area is 177 Å². The molecule has 0 fully saturated rings. The van der Waals surface area contributed by atoms with E-state index >= 15 is 0 Å². The average molecular weight is 449 g/mol. The Hall–Kier alpha value is -3.40. The van der Waals surface area contributed by atoms with E-state index in [2.05, 4.69) is 10.5 Å². The topological polar surface area (TPSA) is 78.8 Å². The molecule has 3 aromatic rings. The van der Waals surface area contributed by atoms with Crippen LogP contribution in [-0.4, -0.2) is 33.3 Å². The van der Waals surface area contributed by atoms with E-state index in [4.69, 9.17) is 0 Å².